The molecule has 7 nitrogen and oxygen atoms in total. The molecule has 0 saturated carbocycles. The van der Waals surface area contributed by atoms with Gasteiger partial charge in [0.15, 0.2) is 5.76 Å². The monoisotopic (exact) mass is 445 g/mol. The van der Waals surface area contributed by atoms with Crippen LogP contribution >= 0.6 is 11.6 Å². The number of imidazole rings is 1. The SMILES string of the molecule is Cc1noc2c1-c1ccc(-c3cn(C)cn3)cc1C(c1ccc(Cl)cc1)=N[C@H]2CC(N)=O. The summed E-state index contributed by atoms with van der Waals surface area (Å²) in [5, 5.41) is 4.79. The number of aryl methyl sites for hydroxylation is 2. The Morgan fingerprint density at radius 1 is 1.16 bits per heavy atom. The van der Waals surface area contributed by atoms with Crippen LogP contribution in [0.5, 0.6) is 0 Å². The van der Waals surface area contributed by atoms with E-state index in [1.165, 1.54) is 0 Å². The van der Waals surface area contributed by atoms with Crippen molar-refractivity contribution in [1.29, 1.82) is 0 Å². The molecule has 160 valence electrons. The third kappa shape index (κ3) is 3.50. The first kappa shape index (κ1) is 20.2. The van der Waals surface area contributed by atoms with Crippen molar-refractivity contribution in [2.45, 2.75) is 19.4 Å². The number of hydrogen-bond donors (Lipinski definition) is 1. The van der Waals surface area contributed by atoms with Crippen molar-refractivity contribution >= 4 is 23.2 Å². The minimum Gasteiger partial charge on any atom is -0.370 e. The third-order valence-electron chi connectivity index (χ3n) is 5.53. The highest BCUT2D eigenvalue weighted by Crippen LogP contribution is 2.41. The number of primary amides is 1. The van der Waals surface area contributed by atoms with Crippen molar-refractivity contribution in [2.75, 3.05) is 0 Å². The molecular formula is C24H20ClN5O2. The molecule has 4 aromatic rings. The van der Waals surface area contributed by atoms with Gasteiger partial charge in [-0.3, -0.25) is 9.79 Å². The summed E-state index contributed by atoms with van der Waals surface area (Å²) in [5.74, 6) is 0.0754. The Balaban J connectivity index is 1.79. The number of aromatic nitrogens is 3. The highest BCUT2D eigenvalue weighted by molar-refractivity contribution is 6.30. The summed E-state index contributed by atoms with van der Waals surface area (Å²) in [6, 6.07) is 13.0. The Labute approximate surface area is 189 Å². The van der Waals surface area contributed by atoms with Gasteiger partial charge in [-0.1, -0.05) is 41.0 Å². The van der Waals surface area contributed by atoms with E-state index in [0.29, 0.717) is 10.8 Å². The molecule has 2 N–H and O–H groups in total. The summed E-state index contributed by atoms with van der Waals surface area (Å²) in [6.07, 6.45) is 3.74. The van der Waals surface area contributed by atoms with Crippen LogP contribution in [0.15, 0.2) is 64.5 Å². The lowest BCUT2D eigenvalue weighted by molar-refractivity contribution is -0.118. The lowest BCUT2D eigenvalue weighted by atomic mass is 9.91. The van der Waals surface area contributed by atoms with Crippen LogP contribution in [0.4, 0.5) is 0 Å². The molecule has 3 heterocycles. The number of nitrogens with zero attached hydrogens (tertiary/aromatic N) is 4. The molecule has 0 radical (unpaired) electrons. The smallest absolute Gasteiger partial charge is 0.220 e. The van der Waals surface area contributed by atoms with Gasteiger partial charge in [-0.05, 0) is 30.7 Å². The standard InChI is InChI=1S/C24H20ClN5O2/c1-13-22-17-8-5-15(20-11-30(2)12-27-20)9-18(17)23(14-3-6-16(25)7-4-14)28-19(10-21(26)31)24(22)32-29-13/h3-9,11-12,19H,10H2,1-2H3,(H2,26,31)/t19-/m0/s1. The first-order valence-electron chi connectivity index (χ1n) is 10.1. The molecule has 1 amide bonds. The summed E-state index contributed by atoms with van der Waals surface area (Å²) >= 11 is 6.13. The van der Waals surface area contributed by atoms with Gasteiger partial charge in [0.1, 0.15) is 6.04 Å². The fourth-order valence-corrected chi connectivity index (χ4v) is 4.20. The van der Waals surface area contributed by atoms with Crippen LogP contribution in [0.3, 0.4) is 0 Å². The Kier molecular flexibility index (Phi) is 4.90. The lowest BCUT2D eigenvalue weighted by Crippen LogP contribution is -2.15. The Bertz CT molecular complexity index is 1370. The largest absolute Gasteiger partial charge is 0.370 e. The molecule has 32 heavy (non-hydrogen) atoms. The van der Waals surface area contributed by atoms with Gasteiger partial charge in [0.25, 0.3) is 0 Å². The van der Waals surface area contributed by atoms with Crippen LogP contribution in [-0.2, 0) is 11.8 Å². The zero-order valence-electron chi connectivity index (χ0n) is 17.5. The number of carbonyl (C=O) groups excluding carboxylic acids is 1. The quantitative estimate of drug-likeness (QED) is 0.500. The molecule has 1 atom stereocenters. The minimum atomic E-state index is -0.583. The van der Waals surface area contributed by atoms with Crippen molar-refractivity contribution in [3.8, 4) is 22.4 Å². The zero-order valence-corrected chi connectivity index (χ0v) is 18.3. The molecule has 0 fully saturated rings. The van der Waals surface area contributed by atoms with E-state index in [-0.39, 0.29) is 6.42 Å². The average molecular weight is 446 g/mol. The number of halogens is 1. The second-order valence-corrected chi connectivity index (χ2v) is 8.30. The molecule has 1 aliphatic heterocycles. The van der Waals surface area contributed by atoms with E-state index in [1.807, 2.05) is 61.1 Å². The van der Waals surface area contributed by atoms with Crippen LogP contribution < -0.4 is 5.73 Å². The van der Waals surface area contributed by atoms with Crippen LogP contribution in [0, 0.1) is 6.92 Å². The van der Waals surface area contributed by atoms with Crippen molar-refractivity contribution in [3.63, 3.8) is 0 Å². The highest BCUT2D eigenvalue weighted by Gasteiger charge is 2.31. The van der Waals surface area contributed by atoms with Crippen molar-refractivity contribution in [1.82, 2.24) is 14.7 Å². The lowest BCUT2D eigenvalue weighted by Gasteiger charge is -2.13. The third-order valence-corrected chi connectivity index (χ3v) is 5.79. The van der Waals surface area contributed by atoms with Gasteiger partial charge >= 0.3 is 0 Å². The van der Waals surface area contributed by atoms with Crippen LogP contribution in [0.2, 0.25) is 5.02 Å². The Morgan fingerprint density at radius 2 is 1.91 bits per heavy atom. The summed E-state index contributed by atoms with van der Waals surface area (Å²) in [5.41, 5.74) is 12.4. The van der Waals surface area contributed by atoms with E-state index >= 15 is 0 Å². The molecule has 0 saturated heterocycles. The van der Waals surface area contributed by atoms with Gasteiger partial charge in [-0.25, -0.2) is 4.98 Å². The molecule has 5 rings (SSSR count). The van der Waals surface area contributed by atoms with Gasteiger partial charge in [0.05, 0.1) is 35.4 Å². The second-order valence-electron chi connectivity index (χ2n) is 7.86. The van der Waals surface area contributed by atoms with Crippen molar-refractivity contribution in [3.05, 3.63) is 82.6 Å². The predicted molar refractivity (Wildman–Crippen MR) is 123 cm³/mol. The van der Waals surface area contributed by atoms with E-state index in [0.717, 1.165) is 44.9 Å². The van der Waals surface area contributed by atoms with Crippen molar-refractivity contribution < 1.29 is 9.32 Å². The van der Waals surface area contributed by atoms with Gasteiger partial charge in [-0.2, -0.15) is 0 Å². The maximum absolute atomic E-state index is 11.9. The number of carbonyl (C=O) groups is 1. The number of nitrogens with two attached hydrogens (primary N) is 1. The number of rotatable bonds is 4. The molecule has 0 unspecified atom stereocenters. The fourth-order valence-electron chi connectivity index (χ4n) is 4.07. The molecular weight excluding hydrogens is 426 g/mol. The molecule has 2 aromatic carbocycles. The van der Waals surface area contributed by atoms with E-state index in [1.54, 1.807) is 6.33 Å². The normalized spacial score (nSPS) is 15.0. The van der Waals surface area contributed by atoms with Crippen LogP contribution in [-0.4, -0.2) is 26.3 Å². The Hall–Kier alpha value is -3.71. The van der Waals surface area contributed by atoms with E-state index < -0.39 is 11.9 Å². The molecule has 0 spiro atoms. The van der Waals surface area contributed by atoms with Gasteiger partial charge in [0.2, 0.25) is 5.91 Å². The zero-order chi connectivity index (χ0) is 22.4. The number of aliphatic imine (C=N–C) groups is 1. The van der Waals surface area contributed by atoms with Gasteiger partial charge < -0.3 is 14.8 Å². The van der Waals surface area contributed by atoms with E-state index in [4.69, 9.17) is 26.9 Å². The number of fused-ring (bicyclic) bond motifs is 3. The summed E-state index contributed by atoms with van der Waals surface area (Å²) in [4.78, 5) is 21.3. The summed E-state index contributed by atoms with van der Waals surface area (Å²) < 4.78 is 7.56. The average Bonchev–Trinajstić information content (AvgIpc) is 3.33. The Morgan fingerprint density at radius 3 is 2.59 bits per heavy atom. The summed E-state index contributed by atoms with van der Waals surface area (Å²) in [6.45, 7) is 1.88. The van der Waals surface area contributed by atoms with Gasteiger partial charge in [0, 0.05) is 35.0 Å². The number of hydrogen-bond acceptors (Lipinski definition) is 5. The maximum atomic E-state index is 11.9. The molecule has 0 bridgehead atoms. The first-order chi connectivity index (χ1) is 15.4. The van der Waals surface area contributed by atoms with Crippen LogP contribution in [0.25, 0.3) is 22.4 Å². The fraction of sp³-hybridized carbons (Fsp3) is 0.167. The number of amides is 1. The topological polar surface area (TPSA) is 99.3 Å². The number of benzene rings is 2. The highest BCUT2D eigenvalue weighted by atomic mass is 35.5. The molecule has 0 aliphatic carbocycles. The van der Waals surface area contributed by atoms with Crippen molar-refractivity contribution in [2.24, 2.45) is 17.8 Å². The summed E-state index contributed by atoms with van der Waals surface area (Å²) in [7, 11) is 1.93. The second kappa shape index (κ2) is 7.76. The first-order valence-corrected chi connectivity index (χ1v) is 10.5. The minimum absolute atomic E-state index is 0.0137. The van der Waals surface area contributed by atoms with Gasteiger partial charge in [-0.15, -0.1) is 0 Å². The van der Waals surface area contributed by atoms with E-state index in [2.05, 4.69) is 16.2 Å². The molecule has 1 aliphatic rings. The predicted octanol–water partition coefficient (Wildman–Crippen LogP) is 4.47. The maximum Gasteiger partial charge on any atom is 0.220 e. The van der Waals surface area contributed by atoms with Crippen LogP contribution in [0.1, 0.15) is 35.0 Å². The van der Waals surface area contributed by atoms with E-state index in [9.17, 15) is 4.79 Å². The molecule has 8 heteroatoms. The molecule has 2 aromatic heterocycles.